The highest BCUT2D eigenvalue weighted by atomic mass is 16.5. The van der Waals surface area contributed by atoms with Gasteiger partial charge >= 0.3 is 0 Å². The molecule has 2 rings (SSSR count). The quantitative estimate of drug-likeness (QED) is 0.381. The summed E-state index contributed by atoms with van der Waals surface area (Å²) in [4.78, 5) is 0. The maximum absolute atomic E-state index is 9.79. The monoisotopic (exact) mass is 285 g/mol. The molecule has 0 aromatic heterocycles. The predicted molar refractivity (Wildman–Crippen MR) is 78.6 cm³/mol. The van der Waals surface area contributed by atoms with Crippen molar-refractivity contribution in [3.63, 3.8) is 0 Å². The third kappa shape index (κ3) is 4.99. The molecule has 0 radical (unpaired) electrons. The van der Waals surface area contributed by atoms with Gasteiger partial charge in [-0.3, -0.25) is 0 Å². The summed E-state index contributed by atoms with van der Waals surface area (Å²) in [6.07, 6.45) is 11.2. The van der Waals surface area contributed by atoms with Crippen LogP contribution in [0.4, 0.5) is 0 Å². The summed E-state index contributed by atoms with van der Waals surface area (Å²) in [6, 6.07) is 0. The summed E-state index contributed by atoms with van der Waals surface area (Å²) in [5.74, 6) is 0. The molecule has 0 spiro atoms. The molecule has 0 heterocycles. The van der Waals surface area contributed by atoms with Gasteiger partial charge in [-0.25, -0.2) is 0 Å². The van der Waals surface area contributed by atoms with Crippen LogP contribution in [0.5, 0.6) is 0 Å². The second-order valence-electron chi connectivity index (χ2n) is 7.18. The molecule has 4 nitrogen and oxygen atoms in total. The Hall–Kier alpha value is -0.160. The molecule has 0 amide bonds. The van der Waals surface area contributed by atoms with E-state index >= 15 is 0 Å². The van der Waals surface area contributed by atoms with Crippen LogP contribution in [-0.4, -0.2) is 46.8 Å². The molecule has 118 valence electrons. The fraction of sp³-hybridized carbons (Fsp3) is 1.00. The maximum atomic E-state index is 9.79. The minimum absolute atomic E-state index is 0.253. The van der Waals surface area contributed by atoms with Crippen molar-refractivity contribution in [2.45, 2.75) is 64.2 Å². The molecule has 0 unspecified atom stereocenters. The van der Waals surface area contributed by atoms with E-state index in [0.717, 1.165) is 51.6 Å². The van der Waals surface area contributed by atoms with Crippen molar-refractivity contribution >= 4 is 0 Å². The summed E-state index contributed by atoms with van der Waals surface area (Å²) in [6.45, 7) is 2.16. The van der Waals surface area contributed by atoms with Crippen LogP contribution in [-0.2, 0) is 0 Å². The number of hydroxylamine groups is 2. The zero-order chi connectivity index (χ0) is 14.5. The van der Waals surface area contributed by atoms with Crippen LogP contribution in [0.25, 0.3) is 0 Å². The summed E-state index contributed by atoms with van der Waals surface area (Å²) in [5, 5.41) is 29.7. The van der Waals surface area contributed by atoms with Gasteiger partial charge in [0.2, 0.25) is 0 Å². The molecule has 4 heteroatoms. The van der Waals surface area contributed by atoms with Crippen LogP contribution >= 0.6 is 0 Å². The van der Waals surface area contributed by atoms with Crippen molar-refractivity contribution in [2.24, 2.45) is 10.8 Å². The Bertz CT molecular complexity index is 259. The first-order valence-electron chi connectivity index (χ1n) is 8.29. The zero-order valence-electron chi connectivity index (χ0n) is 12.7. The Balaban J connectivity index is 1.41. The van der Waals surface area contributed by atoms with Gasteiger partial charge < -0.3 is 15.4 Å². The number of nitrogens with zero attached hydrogens (tertiary/aromatic N) is 1. The zero-order valence-corrected chi connectivity index (χ0v) is 12.7. The molecule has 2 aliphatic rings. The van der Waals surface area contributed by atoms with Crippen molar-refractivity contribution in [2.75, 3.05) is 26.3 Å². The van der Waals surface area contributed by atoms with Gasteiger partial charge in [0.1, 0.15) is 0 Å². The van der Waals surface area contributed by atoms with Crippen LogP contribution in [0, 0.1) is 10.8 Å². The van der Waals surface area contributed by atoms with Gasteiger partial charge in [0.15, 0.2) is 0 Å². The number of rotatable bonds is 12. The van der Waals surface area contributed by atoms with E-state index in [1.165, 1.54) is 30.7 Å². The van der Waals surface area contributed by atoms with Gasteiger partial charge in [-0.2, -0.15) is 5.06 Å². The Morgan fingerprint density at radius 3 is 1.40 bits per heavy atom. The Labute approximate surface area is 122 Å². The maximum Gasteiger partial charge on any atom is 0.0487 e. The highest BCUT2D eigenvalue weighted by molar-refractivity contribution is 4.92. The smallest absolute Gasteiger partial charge is 0.0487 e. The van der Waals surface area contributed by atoms with Gasteiger partial charge in [-0.05, 0) is 62.2 Å². The molecule has 0 aromatic rings. The summed E-state index contributed by atoms with van der Waals surface area (Å²) in [7, 11) is 0. The predicted octanol–water partition coefficient (Wildman–Crippen LogP) is 2.56. The van der Waals surface area contributed by atoms with Gasteiger partial charge in [0.05, 0.1) is 0 Å². The molecule has 0 saturated heterocycles. The van der Waals surface area contributed by atoms with Crippen LogP contribution in [0.15, 0.2) is 0 Å². The van der Waals surface area contributed by atoms with Gasteiger partial charge in [-0.1, -0.05) is 12.8 Å². The molecule has 2 aliphatic carbocycles. The van der Waals surface area contributed by atoms with Crippen molar-refractivity contribution in [1.82, 2.24) is 5.06 Å². The van der Waals surface area contributed by atoms with Crippen LogP contribution < -0.4 is 0 Å². The number of aliphatic hydroxyl groups excluding tert-OH is 2. The standard InChI is InChI=1S/C16H31NO3/c18-13-15(7-8-15)5-1-3-11-17(20)12-4-2-6-16(14-19)9-10-16/h18-20H,1-14H2. The van der Waals surface area contributed by atoms with Crippen molar-refractivity contribution in [1.29, 1.82) is 0 Å². The van der Waals surface area contributed by atoms with E-state index in [2.05, 4.69) is 0 Å². The summed E-state index contributed by atoms with van der Waals surface area (Å²) >= 11 is 0. The Morgan fingerprint density at radius 2 is 1.10 bits per heavy atom. The van der Waals surface area contributed by atoms with E-state index in [-0.39, 0.29) is 10.8 Å². The SMILES string of the molecule is OCC1(CCCCN(O)CCCCC2(CO)CC2)CC1. The minimum atomic E-state index is 0.253. The molecule has 3 N–H and O–H groups in total. The first kappa shape index (κ1) is 16.2. The lowest BCUT2D eigenvalue weighted by Crippen LogP contribution is -2.22. The fourth-order valence-electron chi connectivity index (χ4n) is 3.03. The van der Waals surface area contributed by atoms with Gasteiger partial charge in [-0.15, -0.1) is 0 Å². The van der Waals surface area contributed by atoms with Crippen LogP contribution in [0.2, 0.25) is 0 Å². The molecule has 0 aliphatic heterocycles. The Morgan fingerprint density at radius 1 is 0.700 bits per heavy atom. The second-order valence-corrected chi connectivity index (χ2v) is 7.18. The Kier molecular flexibility index (Phi) is 5.84. The lowest BCUT2D eigenvalue weighted by Gasteiger charge is -2.17. The molecule has 0 aromatic carbocycles. The van der Waals surface area contributed by atoms with Crippen molar-refractivity contribution in [3.8, 4) is 0 Å². The molecule has 0 atom stereocenters. The average molecular weight is 285 g/mol. The normalized spacial score (nSPS) is 22.2. The molecule has 0 bridgehead atoms. The minimum Gasteiger partial charge on any atom is -0.396 e. The van der Waals surface area contributed by atoms with Crippen LogP contribution in [0.1, 0.15) is 64.2 Å². The highest BCUT2D eigenvalue weighted by Gasteiger charge is 2.41. The summed E-state index contributed by atoms with van der Waals surface area (Å²) in [5.41, 5.74) is 0.506. The first-order chi connectivity index (χ1) is 9.64. The number of unbranched alkanes of at least 4 members (excludes halogenated alkanes) is 2. The lowest BCUT2D eigenvalue weighted by atomic mass is 10.00. The molecular weight excluding hydrogens is 254 g/mol. The largest absolute Gasteiger partial charge is 0.396 e. The van der Waals surface area contributed by atoms with E-state index in [0.29, 0.717) is 13.2 Å². The van der Waals surface area contributed by atoms with E-state index < -0.39 is 0 Å². The second kappa shape index (κ2) is 7.21. The van der Waals surface area contributed by atoms with E-state index in [1.807, 2.05) is 0 Å². The molecule has 2 saturated carbocycles. The first-order valence-corrected chi connectivity index (χ1v) is 8.29. The summed E-state index contributed by atoms with van der Waals surface area (Å²) < 4.78 is 0. The van der Waals surface area contributed by atoms with E-state index in [9.17, 15) is 15.4 Å². The average Bonchev–Trinajstić information content (AvgIpc) is 3.36. The molecule has 2 fully saturated rings. The number of aliphatic hydroxyl groups is 2. The number of hydrogen-bond donors (Lipinski definition) is 3. The third-order valence-corrected chi connectivity index (χ3v) is 5.33. The van der Waals surface area contributed by atoms with Crippen LogP contribution in [0.3, 0.4) is 0 Å². The van der Waals surface area contributed by atoms with Crippen molar-refractivity contribution < 1.29 is 15.4 Å². The molecular formula is C16H31NO3. The molecule has 20 heavy (non-hydrogen) atoms. The lowest BCUT2D eigenvalue weighted by molar-refractivity contribution is -0.0929. The van der Waals surface area contributed by atoms with Gasteiger partial charge in [0, 0.05) is 26.3 Å². The number of hydrogen-bond acceptors (Lipinski definition) is 4. The third-order valence-electron chi connectivity index (χ3n) is 5.33. The van der Waals surface area contributed by atoms with E-state index in [4.69, 9.17) is 0 Å². The van der Waals surface area contributed by atoms with Gasteiger partial charge in [0.25, 0.3) is 0 Å². The fourth-order valence-corrected chi connectivity index (χ4v) is 3.03. The van der Waals surface area contributed by atoms with E-state index in [1.54, 1.807) is 0 Å². The van der Waals surface area contributed by atoms with Crippen molar-refractivity contribution in [3.05, 3.63) is 0 Å². The topological polar surface area (TPSA) is 63.9 Å². The highest BCUT2D eigenvalue weighted by Crippen LogP contribution is 2.49.